The van der Waals surface area contributed by atoms with Gasteiger partial charge in [0, 0.05) is 25.5 Å². The van der Waals surface area contributed by atoms with Crippen LogP contribution in [0, 0.1) is 0 Å². The van der Waals surface area contributed by atoms with Gasteiger partial charge in [0.05, 0.1) is 24.4 Å². The molecular weight excluding hydrogens is 390 g/mol. The van der Waals surface area contributed by atoms with E-state index >= 15 is 0 Å². The van der Waals surface area contributed by atoms with Crippen LogP contribution in [0.25, 0.3) is 5.69 Å². The molecule has 0 saturated carbocycles. The minimum Gasteiger partial charge on any atom is -0.491 e. The highest BCUT2D eigenvalue weighted by molar-refractivity contribution is 5.79. The highest BCUT2D eigenvalue weighted by Gasteiger charge is 2.10. The van der Waals surface area contributed by atoms with Crippen LogP contribution < -0.4 is 15.4 Å². The van der Waals surface area contributed by atoms with Gasteiger partial charge in [-0.2, -0.15) is 5.10 Å². The lowest BCUT2D eigenvalue weighted by Gasteiger charge is -2.17. The van der Waals surface area contributed by atoms with Gasteiger partial charge >= 0.3 is 0 Å². The summed E-state index contributed by atoms with van der Waals surface area (Å²) in [6.45, 7) is 7.58. The van der Waals surface area contributed by atoms with Crippen LogP contribution in [-0.4, -0.2) is 40.0 Å². The summed E-state index contributed by atoms with van der Waals surface area (Å²) in [5, 5.41) is 21.3. The lowest BCUT2D eigenvalue weighted by Crippen LogP contribution is -2.39. The van der Waals surface area contributed by atoms with Gasteiger partial charge in [-0.05, 0) is 62.2 Å². The van der Waals surface area contributed by atoms with Crippen molar-refractivity contribution >= 4 is 5.96 Å². The summed E-state index contributed by atoms with van der Waals surface area (Å²) < 4.78 is 7.54. The average Bonchev–Trinajstić information content (AvgIpc) is 3.30. The molecule has 0 aliphatic heterocycles. The molecule has 164 valence electrons. The van der Waals surface area contributed by atoms with Gasteiger partial charge < -0.3 is 20.5 Å². The van der Waals surface area contributed by atoms with Crippen LogP contribution in [0.3, 0.4) is 0 Å². The predicted molar refractivity (Wildman–Crippen MR) is 124 cm³/mol. The SMILES string of the molecule is CCNC(=NCc1ccc(-n2cccn2)cc1)NCC(O)c1cccc(OC(C)C)c1. The maximum Gasteiger partial charge on any atom is 0.191 e. The van der Waals surface area contributed by atoms with E-state index in [1.807, 2.05) is 86.2 Å². The average molecular weight is 422 g/mol. The van der Waals surface area contributed by atoms with Crippen molar-refractivity contribution in [3.63, 3.8) is 0 Å². The summed E-state index contributed by atoms with van der Waals surface area (Å²) in [4.78, 5) is 4.63. The summed E-state index contributed by atoms with van der Waals surface area (Å²) in [6.07, 6.45) is 3.09. The molecule has 0 amide bonds. The second kappa shape index (κ2) is 11.2. The van der Waals surface area contributed by atoms with Gasteiger partial charge in [-0.1, -0.05) is 24.3 Å². The first-order valence-electron chi connectivity index (χ1n) is 10.6. The third-order valence-electron chi connectivity index (χ3n) is 4.55. The lowest BCUT2D eigenvalue weighted by molar-refractivity contribution is 0.179. The Bertz CT molecular complexity index is 952. The van der Waals surface area contributed by atoms with E-state index in [4.69, 9.17) is 4.74 Å². The smallest absolute Gasteiger partial charge is 0.191 e. The molecule has 0 saturated heterocycles. The molecule has 1 atom stereocenters. The van der Waals surface area contributed by atoms with Crippen molar-refractivity contribution in [2.45, 2.75) is 39.5 Å². The molecule has 0 aliphatic carbocycles. The van der Waals surface area contributed by atoms with Gasteiger partial charge in [-0.15, -0.1) is 0 Å². The van der Waals surface area contributed by atoms with E-state index in [9.17, 15) is 5.11 Å². The van der Waals surface area contributed by atoms with Crippen LogP contribution in [0.1, 0.15) is 38.0 Å². The van der Waals surface area contributed by atoms with Crippen molar-refractivity contribution in [2.24, 2.45) is 4.99 Å². The Hall–Kier alpha value is -3.32. The Morgan fingerprint density at radius 3 is 2.61 bits per heavy atom. The Morgan fingerprint density at radius 1 is 1.13 bits per heavy atom. The molecule has 7 heteroatoms. The van der Waals surface area contributed by atoms with E-state index in [0.29, 0.717) is 19.0 Å². The third-order valence-corrected chi connectivity index (χ3v) is 4.55. The van der Waals surface area contributed by atoms with Crippen LogP contribution in [0.15, 0.2) is 72.0 Å². The van der Waals surface area contributed by atoms with E-state index in [-0.39, 0.29) is 6.10 Å². The number of aliphatic hydroxyl groups is 1. The molecule has 3 N–H and O–H groups in total. The van der Waals surface area contributed by atoms with Gasteiger partial charge in [-0.25, -0.2) is 9.67 Å². The number of nitrogens with one attached hydrogen (secondary N) is 2. The normalized spacial score (nSPS) is 12.6. The molecule has 1 unspecified atom stereocenters. The first-order chi connectivity index (χ1) is 15.0. The number of hydrogen-bond donors (Lipinski definition) is 3. The zero-order valence-electron chi connectivity index (χ0n) is 18.3. The van der Waals surface area contributed by atoms with Gasteiger partial charge in [0.15, 0.2) is 5.96 Å². The van der Waals surface area contributed by atoms with Crippen molar-refractivity contribution in [3.8, 4) is 11.4 Å². The number of aromatic nitrogens is 2. The molecule has 1 aromatic heterocycles. The minimum atomic E-state index is -0.673. The van der Waals surface area contributed by atoms with E-state index in [1.54, 1.807) is 6.20 Å². The Kier molecular flexibility index (Phi) is 8.06. The first kappa shape index (κ1) is 22.4. The van der Waals surface area contributed by atoms with Gasteiger partial charge in [-0.3, -0.25) is 0 Å². The molecule has 3 aromatic rings. The summed E-state index contributed by atoms with van der Waals surface area (Å²) in [5.41, 5.74) is 2.90. The van der Waals surface area contributed by atoms with Crippen LogP contribution in [0.2, 0.25) is 0 Å². The number of benzene rings is 2. The molecule has 7 nitrogen and oxygen atoms in total. The number of guanidine groups is 1. The van der Waals surface area contributed by atoms with Crippen molar-refractivity contribution in [3.05, 3.63) is 78.1 Å². The fourth-order valence-electron chi connectivity index (χ4n) is 3.07. The zero-order chi connectivity index (χ0) is 22.1. The molecule has 0 fully saturated rings. The molecule has 0 bridgehead atoms. The number of nitrogens with zero attached hydrogens (tertiary/aromatic N) is 3. The molecule has 1 heterocycles. The van der Waals surface area contributed by atoms with E-state index < -0.39 is 6.10 Å². The number of aliphatic hydroxyl groups excluding tert-OH is 1. The van der Waals surface area contributed by atoms with E-state index in [0.717, 1.165) is 29.1 Å². The first-order valence-corrected chi connectivity index (χ1v) is 10.6. The maximum atomic E-state index is 10.6. The number of hydrogen-bond acceptors (Lipinski definition) is 4. The largest absolute Gasteiger partial charge is 0.491 e. The summed E-state index contributed by atoms with van der Waals surface area (Å²) >= 11 is 0. The van der Waals surface area contributed by atoms with Crippen LogP contribution in [0.5, 0.6) is 5.75 Å². The quantitative estimate of drug-likeness (QED) is 0.364. The summed E-state index contributed by atoms with van der Waals surface area (Å²) in [7, 11) is 0. The van der Waals surface area contributed by atoms with Gasteiger partial charge in [0.1, 0.15) is 5.75 Å². The molecule has 0 spiro atoms. The molecular formula is C24H31N5O2. The van der Waals surface area contributed by atoms with E-state index in [2.05, 4.69) is 20.7 Å². The topological polar surface area (TPSA) is 83.7 Å². The molecule has 3 rings (SSSR count). The molecule has 2 aromatic carbocycles. The molecule has 0 aliphatic rings. The summed E-state index contributed by atoms with van der Waals surface area (Å²) in [6, 6.07) is 17.6. The fourth-order valence-corrected chi connectivity index (χ4v) is 3.07. The zero-order valence-corrected chi connectivity index (χ0v) is 18.3. The van der Waals surface area contributed by atoms with Gasteiger partial charge in [0.25, 0.3) is 0 Å². The van der Waals surface area contributed by atoms with Crippen molar-refractivity contribution in [1.82, 2.24) is 20.4 Å². The summed E-state index contributed by atoms with van der Waals surface area (Å²) in [5.74, 6) is 1.41. The Morgan fingerprint density at radius 2 is 1.94 bits per heavy atom. The van der Waals surface area contributed by atoms with Gasteiger partial charge in [0.2, 0.25) is 0 Å². The Balaban J connectivity index is 1.58. The molecule has 31 heavy (non-hydrogen) atoms. The van der Waals surface area contributed by atoms with Crippen molar-refractivity contribution in [1.29, 1.82) is 0 Å². The molecule has 0 radical (unpaired) electrons. The van der Waals surface area contributed by atoms with Crippen LogP contribution in [-0.2, 0) is 6.54 Å². The maximum absolute atomic E-state index is 10.6. The number of aliphatic imine (C=N–C) groups is 1. The highest BCUT2D eigenvalue weighted by Crippen LogP contribution is 2.20. The van der Waals surface area contributed by atoms with E-state index in [1.165, 1.54) is 0 Å². The minimum absolute atomic E-state index is 0.0895. The fraction of sp³-hybridized carbons (Fsp3) is 0.333. The predicted octanol–water partition coefficient (Wildman–Crippen LogP) is 3.45. The second-order valence-electron chi connectivity index (χ2n) is 7.45. The Labute approximate surface area is 183 Å². The second-order valence-corrected chi connectivity index (χ2v) is 7.45. The van der Waals surface area contributed by atoms with Crippen molar-refractivity contribution in [2.75, 3.05) is 13.1 Å². The number of rotatable bonds is 9. The monoisotopic (exact) mass is 421 g/mol. The van der Waals surface area contributed by atoms with Crippen LogP contribution >= 0.6 is 0 Å². The van der Waals surface area contributed by atoms with Crippen LogP contribution in [0.4, 0.5) is 0 Å². The van der Waals surface area contributed by atoms with Crippen molar-refractivity contribution < 1.29 is 9.84 Å². The highest BCUT2D eigenvalue weighted by atomic mass is 16.5. The number of ether oxygens (including phenoxy) is 1. The lowest BCUT2D eigenvalue weighted by atomic mass is 10.1. The third kappa shape index (κ3) is 6.86. The standard InChI is InChI=1S/C24H31N5O2/c1-4-25-24(26-16-19-9-11-21(12-10-19)29-14-6-13-28-29)27-17-23(30)20-7-5-8-22(15-20)31-18(2)3/h5-15,18,23,30H,4,16-17H2,1-3H3,(H2,25,26,27).